The summed E-state index contributed by atoms with van der Waals surface area (Å²) in [5.41, 5.74) is 0.533. The van der Waals surface area contributed by atoms with Crippen LogP contribution in [0.5, 0.6) is 11.5 Å². The molecule has 1 heterocycles. The summed E-state index contributed by atoms with van der Waals surface area (Å²) in [5.74, 6) is 0.374. The Labute approximate surface area is 173 Å². The summed E-state index contributed by atoms with van der Waals surface area (Å²) >= 11 is 0. The van der Waals surface area contributed by atoms with Gasteiger partial charge in [-0.15, -0.1) is 0 Å². The summed E-state index contributed by atoms with van der Waals surface area (Å²) in [6.07, 6.45) is 3.46. The standard InChI is InChI=1S/C20H20N2O7S/c1-28-18-11-6-14(13-19(18)29-2)12-16-4-3-5-20(23)21(16)30(26,27)17-9-7-15(8-10-17)22(24)25/h3,5-11,13,16H,4,12H2,1-2H3. The minimum Gasteiger partial charge on any atom is -0.493 e. The summed E-state index contributed by atoms with van der Waals surface area (Å²) in [5, 5.41) is 10.8. The number of carbonyl (C=O) groups excluding carboxylic acids is 1. The zero-order valence-corrected chi connectivity index (χ0v) is 17.2. The second-order valence-corrected chi connectivity index (χ2v) is 8.39. The Hall–Kier alpha value is -3.40. The summed E-state index contributed by atoms with van der Waals surface area (Å²) in [4.78, 5) is 22.5. The lowest BCUT2D eigenvalue weighted by Gasteiger charge is -2.32. The van der Waals surface area contributed by atoms with E-state index in [0.29, 0.717) is 17.9 Å². The lowest BCUT2D eigenvalue weighted by molar-refractivity contribution is -0.384. The van der Waals surface area contributed by atoms with Crippen molar-refractivity contribution in [1.82, 2.24) is 4.31 Å². The van der Waals surface area contributed by atoms with Gasteiger partial charge in [-0.05, 0) is 42.7 Å². The average molecular weight is 432 g/mol. The highest BCUT2D eigenvalue weighted by Gasteiger charge is 2.36. The van der Waals surface area contributed by atoms with Crippen LogP contribution in [0.15, 0.2) is 59.5 Å². The third kappa shape index (κ3) is 4.13. The number of hydrogen-bond acceptors (Lipinski definition) is 7. The van der Waals surface area contributed by atoms with Gasteiger partial charge in [0.05, 0.1) is 30.1 Å². The zero-order valence-electron chi connectivity index (χ0n) is 16.3. The molecule has 2 aromatic carbocycles. The Morgan fingerprint density at radius 2 is 1.77 bits per heavy atom. The highest BCUT2D eigenvalue weighted by Crippen LogP contribution is 2.31. The zero-order chi connectivity index (χ0) is 21.9. The predicted octanol–water partition coefficient (Wildman–Crippen LogP) is 2.70. The van der Waals surface area contributed by atoms with Crippen LogP contribution in [-0.2, 0) is 21.2 Å². The van der Waals surface area contributed by atoms with Gasteiger partial charge in [-0.3, -0.25) is 14.9 Å². The van der Waals surface area contributed by atoms with Gasteiger partial charge in [0.2, 0.25) is 0 Å². The van der Waals surface area contributed by atoms with Gasteiger partial charge in [-0.1, -0.05) is 12.1 Å². The van der Waals surface area contributed by atoms with Crippen LogP contribution in [0.25, 0.3) is 0 Å². The van der Waals surface area contributed by atoms with E-state index >= 15 is 0 Å². The Morgan fingerprint density at radius 1 is 1.10 bits per heavy atom. The molecule has 0 saturated heterocycles. The van der Waals surface area contributed by atoms with E-state index < -0.39 is 26.9 Å². The molecule has 30 heavy (non-hydrogen) atoms. The maximum absolute atomic E-state index is 13.2. The van der Waals surface area contributed by atoms with Crippen LogP contribution in [0.4, 0.5) is 5.69 Å². The van der Waals surface area contributed by atoms with E-state index in [4.69, 9.17) is 9.47 Å². The van der Waals surface area contributed by atoms with Crippen molar-refractivity contribution < 1.29 is 27.6 Å². The van der Waals surface area contributed by atoms with Crippen LogP contribution in [0.1, 0.15) is 12.0 Å². The number of nitro groups is 1. The maximum atomic E-state index is 13.2. The van der Waals surface area contributed by atoms with Crippen molar-refractivity contribution >= 4 is 21.6 Å². The number of ether oxygens (including phenoxy) is 2. The van der Waals surface area contributed by atoms with Crippen molar-refractivity contribution in [3.05, 3.63) is 70.3 Å². The van der Waals surface area contributed by atoms with E-state index in [1.807, 2.05) is 0 Å². The Morgan fingerprint density at radius 3 is 2.37 bits per heavy atom. The Kier molecular flexibility index (Phi) is 6.06. The molecule has 0 fully saturated rings. The fraction of sp³-hybridized carbons (Fsp3) is 0.250. The maximum Gasteiger partial charge on any atom is 0.269 e. The molecule has 0 saturated carbocycles. The van der Waals surface area contributed by atoms with E-state index in [0.717, 1.165) is 34.1 Å². The van der Waals surface area contributed by atoms with Gasteiger partial charge in [-0.25, -0.2) is 12.7 Å². The average Bonchev–Trinajstić information content (AvgIpc) is 2.73. The number of sulfonamides is 1. The molecule has 10 heteroatoms. The quantitative estimate of drug-likeness (QED) is 0.488. The molecule has 0 aromatic heterocycles. The molecule has 1 amide bonds. The van der Waals surface area contributed by atoms with Crippen molar-refractivity contribution in [3.63, 3.8) is 0 Å². The molecule has 0 spiro atoms. The first-order valence-electron chi connectivity index (χ1n) is 8.98. The first kappa shape index (κ1) is 21.3. The van der Waals surface area contributed by atoms with Gasteiger partial charge in [0.15, 0.2) is 11.5 Å². The summed E-state index contributed by atoms with van der Waals surface area (Å²) in [7, 11) is -1.18. The van der Waals surface area contributed by atoms with E-state index in [2.05, 4.69) is 0 Å². The third-order valence-corrected chi connectivity index (χ3v) is 6.60. The van der Waals surface area contributed by atoms with Crippen molar-refractivity contribution in [2.24, 2.45) is 0 Å². The summed E-state index contributed by atoms with van der Waals surface area (Å²) in [6, 6.07) is 9.03. The molecule has 1 atom stereocenters. The van der Waals surface area contributed by atoms with E-state index in [9.17, 15) is 23.3 Å². The number of nitrogens with zero attached hydrogens (tertiary/aromatic N) is 2. The molecule has 1 aliphatic heterocycles. The minimum absolute atomic E-state index is 0.186. The van der Waals surface area contributed by atoms with E-state index in [1.165, 1.54) is 20.3 Å². The molecule has 1 aliphatic rings. The largest absolute Gasteiger partial charge is 0.493 e. The molecule has 0 bridgehead atoms. The van der Waals surface area contributed by atoms with E-state index in [1.54, 1.807) is 24.3 Å². The lowest BCUT2D eigenvalue weighted by Crippen LogP contribution is -2.46. The molecule has 2 aromatic rings. The van der Waals surface area contributed by atoms with Gasteiger partial charge >= 0.3 is 0 Å². The van der Waals surface area contributed by atoms with Gasteiger partial charge in [0.25, 0.3) is 21.6 Å². The molecule has 0 aliphatic carbocycles. The van der Waals surface area contributed by atoms with Gasteiger partial charge in [0.1, 0.15) is 0 Å². The first-order chi connectivity index (χ1) is 14.3. The molecular weight excluding hydrogens is 412 g/mol. The topological polar surface area (TPSA) is 116 Å². The monoisotopic (exact) mass is 432 g/mol. The van der Waals surface area contributed by atoms with Crippen LogP contribution in [0.2, 0.25) is 0 Å². The second-order valence-electron chi connectivity index (χ2n) is 6.58. The number of non-ortho nitro benzene ring substituents is 1. The minimum atomic E-state index is -4.20. The van der Waals surface area contributed by atoms with Crippen molar-refractivity contribution in [2.45, 2.75) is 23.8 Å². The number of nitro benzene ring substituents is 1. The van der Waals surface area contributed by atoms with Crippen molar-refractivity contribution in [2.75, 3.05) is 14.2 Å². The lowest BCUT2D eigenvalue weighted by atomic mass is 10.0. The number of carbonyl (C=O) groups is 1. The third-order valence-electron chi connectivity index (χ3n) is 4.74. The highest BCUT2D eigenvalue weighted by molar-refractivity contribution is 7.89. The van der Waals surface area contributed by atoms with Gasteiger partial charge in [0, 0.05) is 18.2 Å². The fourth-order valence-electron chi connectivity index (χ4n) is 3.29. The van der Waals surface area contributed by atoms with Crippen molar-refractivity contribution in [1.29, 1.82) is 0 Å². The summed E-state index contributed by atoms with van der Waals surface area (Å²) < 4.78 is 37.7. The van der Waals surface area contributed by atoms with Gasteiger partial charge in [-0.2, -0.15) is 0 Å². The normalized spacial score (nSPS) is 16.4. The smallest absolute Gasteiger partial charge is 0.269 e. The number of rotatable bonds is 7. The summed E-state index contributed by atoms with van der Waals surface area (Å²) in [6.45, 7) is 0. The molecule has 0 radical (unpaired) electrons. The highest BCUT2D eigenvalue weighted by atomic mass is 32.2. The van der Waals surface area contributed by atoms with Crippen LogP contribution in [0, 0.1) is 10.1 Å². The SMILES string of the molecule is COc1ccc(CC2CC=CC(=O)N2S(=O)(=O)c2ccc([N+](=O)[O-])cc2)cc1OC. The number of amides is 1. The fourth-order valence-corrected chi connectivity index (χ4v) is 4.85. The molecular formula is C20H20N2O7S. The van der Waals surface area contributed by atoms with Crippen LogP contribution in [0.3, 0.4) is 0 Å². The number of benzene rings is 2. The van der Waals surface area contributed by atoms with E-state index in [-0.39, 0.29) is 17.0 Å². The second kappa shape index (κ2) is 8.54. The Balaban J connectivity index is 1.94. The molecule has 158 valence electrons. The molecule has 9 nitrogen and oxygen atoms in total. The first-order valence-corrected chi connectivity index (χ1v) is 10.4. The molecule has 1 unspecified atom stereocenters. The predicted molar refractivity (Wildman–Crippen MR) is 108 cm³/mol. The molecule has 3 rings (SSSR count). The van der Waals surface area contributed by atoms with Crippen LogP contribution < -0.4 is 9.47 Å². The van der Waals surface area contributed by atoms with Crippen molar-refractivity contribution in [3.8, 4) is 11.5 Å². The Bertz CT molecular complexity index is 1090. The number of methoxy groups -OCH3 is 2. The van der Waals surface area contributed by atoms with Crippen LogP contribution in [-0.4, -0.2) is 43.8 Å². The molecule has 0 N–H and O–H groups in total. The van der Waals surface area contributed by atoms with Crippen LogP contribution >= 0.6 is 0 Å². The van der Waals surface area contributed by atoms with Gasteiger partial charge < -0.3 is 9.47 Å². The number of hydrogen-bond donors (Lipinski definition) is 0.